The van der Waals surface area contributed by atoms with Crippen molar-refractivity contribution < 1.29 is 4.79 Å². The molecule has 9 nitrogen and oxygen atoms in total. The van der Waals surface area contributed by atoms with Crippen LogP contribution in [0.5, 0.6) is 0 Å². The fraction of sp³-hybridized carbons (Fsp3) is 0.810. The second-order valence-electron chi connectivity index (χ2n) is 8.63. The number of aromatic nitrogens is 3. The van der Waals surface area contributed by atoms with E-state index in [4.69, 9.17) is 4.99 Å². The van der Waals surface area contributed by atoms with Gasteiger partial charge in [-0.3, -0.25) is 14.7 Å². The molecule has 0 unspecified atom stereocenters. The molecule has 1 N–H and O–H groups in total. The van der Waals surface area contributed by atoms with Gasteiger partial charge >= 0.3 is 0 Å². The van der Waals surface area contributed by atoms with Gasteiger partial charge in [0.25, 0.3) is 0 Å². The Balaban J connectivity index is 0.00000341. The van der Waals surface area contributed by atoms with E-state index in [9.17, 15) is 4.79 Å². The topological polar surface area (TPSA) is 81.9 Å². The van der Waals surface area contributed by atoms with Crippen LogP contribution in [0.4, 0.5) is 0 Å². The Bertz CT molecular complexity index is 693. The minimum absolute atomic E-state index is 0. The van der Waals surface area contributed by atoms with E-state index < -0.39 is 0 Å². The lowest BCUT2D eigenvalue weighted by Crippen LogP contribution is -2.54. The van der Waals surface area contributed by atoms with E-state index in [0.717, 1.165) is 89.9 Å². The third kappa shape index (κ3) is 7.89. The number of carbonyl (C=O) groups is 1. The van der Waals surface area contributed by atoms with Crippen molar-refractivity contribution in [3.05, 3.63) is 12.2 Å². The smallest absolute Gasteiger partial charge is 0.236 e. The zero-order valence-electron chi connectivity index (χ0n) is 19.3. The van der Waals surface area contributed by atoms with Gasteiger partial charge in [0.05, 0.1) is 6.54 Å². The lowest BCUT2D eigenvalue weighted by Gasteiger charge is -2.37. The van der Waals surface area contributed by atoms with Gasteiger partial charge in [0.1, 0.15) is 12.2 Å². The minimum atomic E-state index is 0. The van der Waals surface area contributed by atoms with Gasteiger partial charge < -0.3 is 19.7 Å². The number of halogens is 1. The van der Waals surface area contributed by atoms with Crippen LogP contribution in [0.1, 0.15) is 39.4 Å². The van der Waals surface area contributed by atoms with Gasteiger partial charge in [0.15, 0.2) is 5.96 Å². The number of piperazine rings is 1. The second kappa shape index (κ2) is 13.2. The van der Waals surface area contributed by atoms with Crippen molar-refractivity contribution in [3.63, 3.8) is 0 Å². The summed E-state index contributed by atoms with van der Waals surface area (Å²) in [5, 5.41) is 11.7. The van der Waals surface area contributed by atoms with Crippen LogP contribution in [0.25, 0.3) is 0 Å². The summed E-state index contributed by atoms with van der Waals surface area (Å²) in [6.07, 6.45) is 4.97. The van der Waals surface area contributed by atoms with E-state index in [1.165, 1.54) is 0 Å². The van der Waals surface area contributed by atoms with Crippen molar-refractivity contribution in [1.29, 1.82) is 0 Å². The first-order chi connectivity index (χ1) is 14.6. The standard InChI is InChI=1S/C21H38N8O.HI/c1-4-19-25-24-17-29(19)10-7-22-21(23-15-18(2)3)28-13-11-26(12-14-28)16-20(30)27-8-5-6-9-27;/h17-18H,4-16H2,1-3H3,(H,22,23);1H. The van der Waals surface area contributed by atoms with E-state index in [1.807, 2.05) is 4.90 Å². The lowest BCUT2D eigenvalue weighted by molar-refractivity contribution is -0.131. The fourth-order valence-corrected chi connectivity index (χ4v) is 3.94. The van der Waals surface area contributed by atoms with Crippen LogP contribution in [-0.2, 0) is 17.8 Å². The molecule has 2 fully saturated rings. The fourth-order valence-electron chi connectivity index (χ4n) is 3.94. The first kappa shape index (κ1) is 25.8. The number of amides is 1. The molecule has 1 aromatic rings. The molecule has 1 amide bonds. The molecule has 2 saturated heterocycles. The Kier molecular flexibility index (Phi) is 11.0. The number of carbonyl (C=O) groups excluding carboxylic acids is 1. The summed E-state index contributed by atoms with van der Waals surface area (Å²) >= 11 is 0. The molecule has 0 aliphatic carbocycles. The average Bonchev–Trinajstić information content (AvgIpc) is 3.43. The van der Waals surface area contributed by atoms with E-state index in [-0.39, 0.29) is 29.9 Å². The maximum atomic E-state index is 12.4. The Hall–Kier alpha value is -1.43. The van der Waals surface area contributed by atoms with Crippen molar-refractivity contribution in [1.82, 2.24) is 34.8 Å². The molecule has 0 spiro atoms. The van der Waals surface area contributed by atoms with Gasteiger partial charge in [-0.2, -0.15) is 0 Å². The van der Waals surface area contributed by atoms with Crippen molar-refractivity contribution in [2.24, 2.45) is 10.9 Å². The number of rotatable bonds is 8. The van der Waals surface area contributed by atoms with Crippen molar-refractivity contribution in [2.75, 3.05) is 58.9 Å². The Morgan fingerprint density at radius 1 is 1.13 bits per heavy atom. The molecular weight excluding hydrogens is 507 g/mol. The van der Waals surface area contributed by atoms with Crippen LogP contribution in [0.3, 0.4) is 0 Å². The minimum Gasteiger partial charge on any atom is -0.354 e. The molecule has 2 aliphatic heterocycles. The molecule has 2 aliphatic rings. The highest BCUT2D eigenvalue weighted by Gasteiger charge is 2.24. The Labute approximate surface area is 203 Å². The number of hydrogen-bond donors (Lipinski definition) is 1. The maximum Gasteiger partial charge on any atom is 0.236 e. The molecule has 1 aromatic heterocycles. The predicted octanol–water partition coefficient (Wildman–Crippen LogP) is 1.30. The molecule has 0 atom stereocenters. The van der Waals surface area contributed by atoms with Crippen molar-refractivity contribution >= 4 is 35.8 Å². The van der Waals surface area contributed by atoms with Gasteiger partial charge in [0, 0.05) is 65.3 Å². The van der Waals surface area contributed by atoms with E-state index in [0.29, 0.717) is 12.5 Å². The largest absolute Gasteiger partial charge is 0.354 e. The van der Waals surface area contributed by atoms with Gasteiger partial charge in [-0.1, -0.05) is 20.8 Å². The molecule has 3 heterocycles. The van der Waals surface area contributed by atoms with Gasteiger partial charge in [-0.25, -0.2) is 0 Å². The van der Waals surface area contributed by atoms with E-state index in [2.05, 4.69) is 50.7 Å². The zero-order chi connectivity index (χ0) is 21.3. The maximum absolute atomic E-state index is 12.4. The lowest BCUT2D eigenvalue weighted by atomic mass is 10.2. The summed E-state index contributed by atoms with van der Waals surface area (Å²) in [6, 6.07) is 0. The van der Waals surface area contributed by atoms with Crippen LogP contribution in [-0.4, -0.2) is 100 Å². The molecular formula is C21H39IN8O. The van der Waals surface area contributed by atoms with E-state index in [1.54, 1.807) is 6.33 Å². The highest BCUT2D eigenvalue weighted by molar-refractivity contribution is 14.0. The Morgan fingerprint density at radius 3 is 2.48 bits per heavy atom. The van der Waals surface area contributed by atoms with Crippen molar-refractivity contribution in [3.8, 4) is 0 Å². The molecule has 0 bridgehead atoms. The number of likely N-dealkylation sites (tertiary alicyclic amines) is 1. The van der Waals surface area contributed by atoms with Crippen LogP contribution in [0, 0.1) is 5.92 Å². The monoisotopic (exact) mass is 546 g/mol. The molecule has 176 valence electrons. The molecule has 0 aromatic carbocycles. The highest BCUT2D eigenvalue weighted by Crippen LogP contribution is 2.10. The molecule has 3 rings (SSSR count). The third-order valence-corrected chi connectivity index (χ3v) is 5.74. The summed E-state index contributed by atoms with van der Waals surface area (Å²) in [7, 11) is 0. The number of guanidine groups is 1. The predicted molar refractivity (Wildman–Crippen MR) is 134 cm³/mol. The summed E-state index contributed by atoms with van der Waals surface area (Å²) in [5.74, 6) is 2.79. The van der Waals surface area contributed by atoms with Crippen LogP contribution in [0.2, 0.25) is 0 Å². The van der Waals surface area contributed by atoms with Gasteiger partial charge in [-0.15, -0.1) is 34.2 Å². The van der Waals surface area contributed by atoms with Crippen molar-refractivity contribution in [2.45, 2.75) is 46.6 Å². The van der Waals surface area contributed by atoms with Gasteiger partial charge in [0.2, 0.25) is 5.91 Å². The van der Waals surface area contributed by atoms with Crippen LogP contribution < -0.4 is 5.32 Å². The summed E-state index contributed by atoms with van der Waals surface area (Å²) < 4.78 is 2.09. The molecule has 0 radical (unpaired) electrons. The highest BCUT2D eigenvalue weighted by atomic mass is 127. The average molecular weight is 547 g/mol. The third-order valence-electron chi connectivity index (χ3n) is 5.74. The molecule has 31 heavy (non-hydrogen) atoms. The van der Waals surface area contributed by atoms with Gasteiger partial charge in [-0.05, 0) is 18.8 Å². The number of aliphatic imine (C=N–C) groups is 1. The SMILES string of the molecule is CCc1nncn1CCNC(=NCC(C)C)N1CCN(CC(=O)N2CCCC2)CC1.I. The number of nitrogens with one attached hydrogen (secondary N) is 1. The summed E-state index contributed by atoms with van der Waals surface area (Å²) in [5.41, 5.74) is 0. The summed E-state index contributed by atoms with van der Waals surface area (Å²) in [6.45, 7) is 14.9. The molecule has 10 heteroatoms. The first-order valence-electron chi connectivity index (χ1n) is 11.5. The number of hydrogen-bond acceptors (Lipinski definition) is 5. The quantitative estimate of drug-likeness (QED) is 0.301. The summed E-state index contributed by atoms with van der Waals surface area (Å²) in [4.78, 5) is 23.9. The second-order valence-corrected chi connectivity index (χ2v) is 8.63. The Morgan fingerprint density at radius 2 is 1.84 bits per heavy atom. The normalized spacial score (nSPS) is 17.9. The van der Waals surface area contributed by atoms with E-state index >= 15 is 0 Å². The molecule has 0 saturated carbocycles. The van der Waals surface area contributed by atoms with Crippen LogP contribution >= 0.6 is 24.0 Å². The zero-order valence-corrected chi connectivity index (χ0v) is 21.6. The van der Waals surface area contributed by atoms with Crippen LogP contribution in [0.15, 0.2) is 11.3 Å². The number of aryl methyl sites for hydroxylation is 1. The number of nitrogens with zero attached hydrogens (tertiary/aromatic N) is 7. The first-order valence-corrected chi connectivity index (χ1v) is 11.5.